The molecule has 0 bridgehead atoms. The highest BCUT2D eigenvalue weighted by Gasteiger charge is 2.14. The molecule has 0 unspecified atom stereocenters. The zero-order valence-electron chi connectivity index (χ0n) is 12.4. The molecule has 2 rings (SSSR count). The fourth-order valence-electron chi connectivity index (χ4n) is 2.52. The first-order valence-corrected chi connectivity index (χ1v) is 6.92. The van der Waals surface area contributed by atoms with Gasteiger partial charge in [-0.05, 0) is 44.9 Å². The lowest BCUT2D eigenvalue weighted by molar-refractivity contribution is 0.406. The van der Waals surface area contributed by atoms with Gasteiger partial charge in [0.15, 0.2) is 0 Å². The molecule has 1 aromatic carbocycles. The van der Waals surface area contributed by atoms with Gasteiger partial charge in [0.1, 0.15) is 11.5 Å². The third-order valence-corrected chi connectivity index (χ3v) is 3.45. The van der Waals surface area contributed by atoms with Gasteiger partial charge in [-0.15, -0.1) is 0 Å². The molecule has 0 saturated carbocycles. The van der Waals surface area contributed by atoms with Gasteiger partial charge in [-0.3, -0.25) is 4.98 Å². The highest BCUT2D eigenvalue weighted by atomic mass is 16.5. The van der Waals surface area contributed by atoms with Crippen LogP contribution >= 0.6 is 0 Å². The number of pyridine rings is 1. The zero-order chi connectivity index (χ0) is 14.5. The minimum atomic E-state index is 0.710. The Morgan fingerprint density at radius 2 is 1.85 bits per heavy atom. The van der Waals surface area contributed by atoms with E-state index in [2.05, 4.69) is 4.98 Å². The molecule has 4 nitrogen and oxygen atoms in total. The van der Waals surface area contributed by atoms with Crippen LogP contribution in [-0.4, -0.2) is 25.7 Å². The summed E-state index contributed by atoms with van der Waals surface area (Å²) in [5.41, 5.74) is 8.64. The second kappa shape index (κ2) is 6.57. The predicted molar refractivity (Wildman–Crippen MR) is 81.6 cm³/mol. The molecule has 1 aromatic heterocycles. The van der Waals surface area contributed by atoms with Crippen molar-refractivity contribution in [3.05, 3.63) is 29.5 Å². The smallest absolute Gasteiger partial charge is 0.130 e. The second-order valence-electron chi connectivity index (χ2n) is 4.85. The van der Waals surface area contributed by atoms with Crippen molar-refractivity contribution < 1.29 is 9.47 Å². The predicted octanol–water partition coefficient (Wildman–Crippen LogP) is 2.84. The number of nitrogens with two attached hydrogens (primary N) is 1. The van der Waals surface area contributed by atoms with Crippen molar-refractivity contribution in [3.63, 3.8) is 0 Å². The summed E-state index contributed by atoms with van der Waals surface area (Å²) in [6, 6.07) is 5.93. The summed E-state index contributed by atoms with van der Waals surface area (Å²) >= 11 is 0. The SMILES string of the molecule is COc1ccc2nc(C)cc(OC)c2c1CCCCN. The van der Waals surface area contributed by atoms with Crippen molar-refractivity contribution in [2.24, 2.45) is 5.73 Å². The standard InChI is InChI=1S/C16H22N2O2/c1-11-10-15(20-3)16-12(6-4-5-9-17)14(19-2)8-7-13(16)18-11/h7-8,10H,4-6,9,17H2,1-3H3. The molecule has 0 saturated heterocycles. The molecular formula is C16H22N2O2. The summed E-state index contributed by atoms with van der Waals surface area (Å²) in [5.74, 6) is 1.74. The first-order chi connectivity index (χ1) is 9.71. The van der Waals surface area contributed by atoms with Crippen molar-refractivity contribution in [2.75, 3.05) is 20.8 Å². The van der Waals surface area contributed by atoms with Crippen molar-refractivity contribution in [3.8, 4) is 11.5 Å². The van der Waals surface area contributed by atoms with Crippen LogP contribution in [0.3, 0.4) is 0 Å². The van der Waals surface area contributed by atoms with E-state index in [-0.39, 0.29) is 0 Å². The first kappa shape index (κ1) is 14.6. The lowest BCUT2D eigenvalue weighted by Gasteiger charge is -2.15. The molecule has 0 aliphatic carbocycles. The van der Waals surface area contributed by atoms with Crippen LogP contribution in [0.15, 0.2) is 18.2 Å². The Kier molecular flexibility index (Phi) is 4.79. The van der Waals surface area contributed by atoms with Gasteiger partial charge in [0.05, 0.1) is 19.7 Å². The number of hydrogen-bond acceptors (Lipinski definition) is 4. The van der Waals surface area contributed by atoms with Crippen LogP contribution in [0.2, 0.25) is 0 Å². The Morgan fingerprint density at radius 1 is 1.10 bits per heavy atom. The first-order valence-electron chi connectivity index (χ1n) is 6.92. The van der Waals surface area contributed by atoms with E-state index in [9.17, 15) is 0 Å². The van der Waals surface area contributed by atoms with Crippen molar-refractivity contribution in [1.29, 1.82) is 0 Å². The number of aryl methyl sites for hydroxylation is 2. The largest absolute Gasteiger partial charge is 0.496 e. The number of rotatable bonds is 6. The maximum absolute atomic E-state index is 5.58. The monoisotopic (exact) mass is 274 g/mol. The maximum atomic E-state index is 5.58. The average molecular weight is 274 g/mol. The molecule has 20 heavy (non-hydrogen) atoms. The molecule has 0 aliphatic heterocycles. The van der Waals surface area contributed by atoms with E-state index in [1.54, 1.807) is 14.2 Å². The van der Waals surface area contributed by atoms with E-state index in [4.69, 9.17) is 15.2 Å². The van der Waals surface area contributed by atoms with E-state index >= 15 is 0 Å². The van der Waals surface area contributed by atoms with Gasteiger partial charge in [0.2, 0.25) is 0 Å². The molecule has 2 N–H and O–H groups in total. The maximum Gasteiger partial charge on any atom is 0.130 e. The molecule has 2 aromatic rings. The lowest BCUT2D eigenvalue weighted by atomic mass is 10.00. The number of benzene rings is 1. The van der Waals surface area contributed by atoms with Crippen LogP contribution in [0.5, 0.6) is 11.5 Å². The molecule has 0 radical (unpaired) electrons. The van der Waals surface area contributed by atoms with Crippen LogP contribution in [0.4, 0.5) is 0 Å². The molecule has 1 heterocycles. The van der Waals surface area contributed by atoms with E-state index in [0.29, 0.717) is 6.54 Å². The number of aromatic nitrogens is 1. The van der Waals surface area contributed by atoms with E-state index in [1.807, 2.05) is 25.1 Å². The summed E-state index contributed by atoms with van der Waals surface area (Å²) in [6.07, 6.45) is 2.95. The summed E-state index contributed by atoms with van der Waals surface area (Å²) in [4.78, 5) is 4.59. The third-order valence-electron chi connectivity index (χ3n) is 3.45. The fraction of sp³-hybridized carbons (Fsp3) is 0.438. The van der Waals surface area contributed by atoms with Crippen molar-refractivity contribution in [2.45, 2.75) is 26.2 Å². The van der Waals surface area contributed by atoms with E-state index in [0.717, 1.165) is 52.9 Å². The molecule has 0 spiro atoms. The molecule has 108 valence electrons. The van der Waals surface area contributed by atoms with E-state index in [1.165, 1.54) is 0 Å². The second-order valence-corrected chi connectivity index (χ2v) is 4.85. The summed E-state index contributed by atoms with van der Waals surface area (Å²) < 4.78 is 11.0. The molecule has 0 aliphatic rings. The Hall–Kier alpha value is -1.81. The normalized spacial score (nSPS) is 10.8. The van der Waals surface area contributed by atoms with Gasteiger partial charge < -0.3 is 15.2 Å². The van der Waals surface area contributed by atoms with Gasteiger partial charge in [-0.25, -0.2) is 0 Å². The van der Waals surface area contributed by atoms with Crippen molar-refractivity contribution in [1.82, 2.24) is 4.98 Å². The van der Waals surface area contributed by atoms with Crippen LogP contribution in [-0.2, 0) is 6.42 Å². The quantitative estimate of drug-likeness (QED) is 0.823. The van der Waals surface area contributed by atoms with Gasteiger partial charge in [0, 0.05) is 22.7 Å². The minimum absolute atomic E-state index is 0.710. The van der Waals surface area contributed by atoms with Gasteiger partial charge >= 0.3 is 0 Å². The summed E-state index contributed by atoms with van der Waals surface area (Å²) in [7, 11) is 3.39. The van der Waals surface area contributed by atoms with Gasteiger partial charge in [0.25, 0.3) is 0 Å². The molecular weight excluding hydrogens is 252 g/mol. The van der Waals surface area contributed by atoms with Crippen LogP contribution in [0.25, 0.3) is 10.9 Å². The van der Waals surface area contributed by atoms with Gasteiger partial charge in [-0.1, -0.05) is 0 Å². The summed E-state index contributed by atoms with van der Waals surface area (Å²) in [5, 5.41) is 1.05. The number of unbranched alkanes of at least 4 members (excludes halogenated alkanes) is 1. The van der Waals surface area contributed by atoms with E-state index < -0.39 is 0 Å². The zero-order valence-corrected chi connectivity index (χ0v) is 12.4. The third kappa shape index (κ3) is 2.85. The minimum Gasteiger partial charge on any atom is -0.496 e. The number of ether oxygens (including phenoxy) is 2. The Morgan fingerprint density at radius 3 is 2.50 bits per heavy atom. The van der Waals surface area contributed by atoms with Crippen LogP contribution in [0, 0.1) is 6.92 Å². The number of methoxy groups -OCH3 is 2. The average Bonchev–Trinajstić information content (AvgIpc) is 2.46. The molecule has 4 heteroatoms. The Bertz CT molecular complexity index is 597. The van der Waals surface area contributed by atoms with Crippen LogP contribution in [0.1, 0.15) is 24.1 Å². The van der Waals surface area contributed by atoms with Crippen molar-refractivity contribution >= 4 is 10.9 Å². The summed E-state index contributed by atoms with van der Waals surface area (Å²) in [6.45, 7) is 2.68. The van der Waals surface area contributed by atoms with Crippen LogP contribution < -0.4 is 15.2 Å². The lowest BCUT2D eigenvalue weighted by Crippen LogP contribution is -2.02. The topological polar surface area (TPSA) is 57.4 Å². The number of nitrogens with zero attached hydrogens (tertiary/aromatic N) is 1. The highest BCUT2D eigenvalue weighted by molar-refractivity contribution is 5.90. The molecule has 0 atom stereocenters. The van der Waals surface area contributed by atoms with Gasteiger partial charge in [-0.2, -0.15) is 0 Å². The Labute approximate surface area is 119 Å². The molecule has 0 fully saturated rings. The Balaban J connectivity index is 2.59. The number of hydrogen-bond donors (Lipinski definition) is 1. The fourth-order valence-corrected chi connectivity index (χ4v) is 2.52. The number of fused-ring (bicyclic) bond motifs is 1. The highest BCUT2D eigenvalue weighted by Crippen LogP contribution is 2.35. The molecule has 0 amide bonds.